The van der Waals surface area contributed by atoms with Gasteiger partial charge in [0.1, 0.15) is 17.2 Å². The minimum absolute atomic E-state index is 0.0693. The molecule has 1 saturated heterocycles. The molecule has 176 valence electrons. The molecule has 4 rings (SSSR count). The molecule has 0 radical (unpaired) electrons. The van der Waals surface area contributed by atoms with E-state index in [1.165, 1.54) is 11.8 Å². The van der Waals surface area contributed by atoms with Crippen molar-refractivity contribution in [1.29, 1.82) is 0 Å². The Kier molecular flexibility index (Phi) is 7.43. The second-order valence-electron chi connectivity index (χ2n) is 7.48. The van der Waals surface area contributed by atoms with Crippen LogP contribution in [0.25, 0.3) is 16.8 Å². The van der Waals surface area contributed by atoms with Crippen LogP contribution >= 0.6 is 11.8 Å². The van der Waals surface area contributed by atoms with Crippen molar-refractivity contribution < 1.29 is 19.0 Å². The van der Waals surface area contributed by atoms with Crippen molar-refractivity contribution in [3.63, 3.8) is 0 Å². The maximum Gasteiger partial charge on any atom is 0.266 e. The molecule has 7 heteroatoms. The van der Waals surface area contributed by atoms with Crippen molar-refractivity contribution in [3.05, 3.63) is 65.1 Å². The van der Waals surface area contributed by atoms with E-state index in [9.17, 15) is 4.79 Å². The highest BCUT2D eigenvalue weighted by Gasteiger charge is 2.32. The molecule has 1 aliphatic heterocycles. The first-order valence-electron chi connectivity index (χ1n) is 11.3. The lowest BCUT2D eigenvalue weighted by Gasteiger charge is -2.13. The maximum atomic E-state index is 13.3. The fourth-order valence-corrected chi connectivity index (χ4v) is 4.80. The molecule has 0 aromatic heterocycles. The normalized spacial score (nSPS) is 16.0. The van der Waals surface area contributed by atoms with Gasteiger partial charge in [-0.25, -0.2) is 4.99 Å². The van der Waals surface area contributed by atoms with Gasteiger partial charge >= 0.3 is 0 Å². The lowest BCUT2D eigenvalue weighted by molar-refractivity contribution is -0.122. The molecule has 0 atom stereocenters. The summed E-state index contributed by atoms with van der Waals surface area (Å²) < 4.78 is 16.9. The Balaban J connectivity index is 1.78. The molecule has 1 fully saturated rings. The molecule has 1 amide bonds. The van der Waals surface area contributed by atoms with Crippen LogP contribution < -0.4 is 14.2 Å². The lowest BCUT2D eigenvalue weighted by Crippen LogP contribution is -2.28. The van der Waals surface area contributed by atoms with Crippen molar-refractivity contribution in [2.24, 2.45) is 4.99 Å². The molecule has 0 saturated carbocycles. The topological polar surface area (TPSA) is 60.4 Å². The van der Waals surface area contributed by atoms with Crippen LogP contribution in [0.2, 0.25) is 0 Å². The molecule has 0 aliphatic carbocycles. The summed E-state index contributed by atoms with van der Waals surface area (Å²) in [4.78, 5) is 20.3. The molecule has 3 aromatic rings. The number of carbonyl (C=O) groups is 1. The minimum Gasteiger partial charge on any atom is -0.497 e. The highest BCUT2D eigenvalue weighted by molar-refractivity contribution is 8.18. The third-order valence-electron chi connectivity index (χ3n) is 5.38. The number of hydrogen-bond acceptors (Lipinski definition) is 6. The molecule has 0 bridgehead atoms. The van der Waals surface area contributed by atoms with Crippen LogP contribution in [0, 0.1) is 0 Å². The number of ether oxygens (including phenoxy) is 3. The van der Waals surface area contributed by atoms with E-state index < -0.39 is 0 Å². The number of aliphatic imine (C=N–C) groups is 1. The Morgan fingerprint density at radius 1 is 0.941 bits per heavy atom. The summed E-state index contributed by atoms with van der Waals surface area (Å²) in [5, 5.41) is 2.67. The number of carbonyl (C=O) groups excluding carboxylic acids is 1. The van der Waals surface area contributed by atoms with E-state index >= 15 is 0 Å². The number of nitrogens with zero attached hydrogens (tertiary/aromatic N) is 2. The fraction of sp³-hybridized carbons (Fsp3) is 0.259. The van der Waals surface area contributed by atoms with E-state index in [-0.39, 0.29) is 5.91 Å². The van der Waals surface area contributed by atoms with E-state index in [1.807, 2.05) is 81.4 Å². The average Bonchev–Trinajstić information content (AvgIpc) is 3.15. The highest BCUT2D eigenvalue weighted by atomic mass is 32.2. The largest absolute Gasteiger partial charge is 0.497 e. The molecule has 34 heavy (non-hydrogen) atoms. The first-order chi connectivity index (χ1) is 16.6. The minimum atomic E-state index is -0.0693. The van der Waals surface area contributed by atoms with E-state index in [0.717, 1.165) is 39.3 Å². The lowest BCUT2D eigenvalue weighted by atomic mass is 10.0. The summed E-state index contributed by atoms with van der Waals surface area (Å²) in [6, 6.07) is 17.4. The summed E-state index contributed by atoms with van der Waals surface area (Å²) in [7, 11) is 1.63. The number of amidine groups is 1. The van der Waals surface area contributed by atoms with E-state index in [4.69, 9.17) is 19.2 Å². The summed E-state index contributed by atoms with van der Waals surface area (Å²) in [5.41, 5.74) is 1.62. The third-order valence-corrected chi connectivity index (χ3v) is 6.39. The van der Waals surface area contributed by atoms with Gasteiger partial charge in [-0.05, 0) is 91.8 Å². The Labute approximate surface area is 204 Å². The van der Waals surface area contributed by atoms with Crippen LogP contribution in [0.15, 0.2) is 64.5 Å². The third kappa shape index (κ3) is 4.89. The molecule has 6 nitrogen and oxygen atoms in total. The maximum absolute atomic E-state index is 13.3. The summed E-state index contributed by atoms with van der Waals surface area (Å²) in [5.74, 6) is 2.21. The Morgan fingerprint density at radius 3 is 2.32 bits per heavy atom. The van der Waals surface area contributed by atoms with Crippen molar-refractivity contribution >= 4 is 45.4 Å². The van der Waals surface area contributed by atoms with Gasteiger partial charge in [-0.15, -0.1) is 0 Å². The van der Waals surface area contributed by atoms with Gasteiger partial charge in [0.15, 0.2) is 5.17 Å². The van der Waals surface area contributed by atoms with Crippen LogP contribution in [0.3, 0.4) is 0 Å². The number of likely N-dealkylation sites (N-methyl/N-ethyl adjacent to an activating group) is 1. The second-order valence-corrected chi connectivity index (χ2v) is 8.49. The summed E-state index contributed by atoms with van der Waals surface area (Å²) >= 11 is 1.37. The predicted octanol–water partition coefficient (Wildman–Crippen LogP) is 6.27. The number of thioether (sulfide) groups is 1. The van der Waals surface area contributed by atoms with Crippen molar-refractivity contribution in [2.75, 3.05) is 26.9 Å². The number of rotatable bonds is 8. The molecular weight excluding hydrogens is 448 g/mol. The van der Waals surface area contributed by atoms with Gasteiger partial charge in [-0.3, -0.25) is 9.69 Å². The molecule has 1 heterocycles. The highest BCUT2D eigenvalue weighted by Crippen LogP contribution is 2.38. The molecule has 0 spiro atoms. The number of amides is 1. The van der Waals surface area contributed by atoms with Gasteiger partial charge in [0.05, 0.1) is 30.9 Å². The van der Waals surface area contributed by atoms with Gasteiger partial charge < -0.3 is 14.2 Å². The quantitative estimate of drug-likeness (QED) is 0.359. The van der Waals surface area contributed by atoms with Gasteiger partial charge in [0.2, 0.25) is 0 Å². The molecule has 0 unspecified atom stereocenters. The summed E-state index contributed by atoms with van der Waals surface area (Å²) in [6.45, 7) is 7.49. The standard InChI is InChI=1S/C27H28N2O4S/c1-5-29-26(30)25(34-27(29)28-19-10-13-20(31-4)14-11-19)17-23-22-16-21(32-6-2)12-8-18(22)9-15-24(23)33-7-3/h8-17H,5-7H2,1-4H3/b25-17-,28-27?. The van der Waals surface area contributed by atoms with Crippen molar-refractivity contribution in [3.8, 4) is 17.2 Å². The van der Waals surface area contributed by atoms with Gasteiger partial charge in [-0.1, -0.05) is 12.1 Å². The smallest absolute Gasteiger partial charge is 0.266 e. The van der Waals surface area contributed by atoms with Crippen LogP contribution in [0.4, 0.5) is 5.69 Å². The first kappa shape index (κ1) is 23.7. The van der Waals surface area contributed by atoms with Crippen molar-refractivity contribution in [2.45, 2.75) is 20.8 Å². The van der Waals surface area contributed by atoms with E-state index in [2.05, 4.69) is 0 Å². The number of benzene rings is 3. The number of methoxy groups -OCH3 is 1. The summed E-state index contributed by atoms with van der Waals surface area (Å²) in [6.07, 6.45) is 1.91. The van der Waals surface area contributed by atoms with Gasteiger partial charge in [0, 0.05) is 12.1 Å². The Hall–Kier alpha value is -3.45. The SMILES string of the molecule is CCOc1ccc2ccc(OCC)c(/C=C3\SC(=Nc4ccc(OC)cc4)N(CC)C3=O)c2c1. The van der Waals surface area contributed by atoms with Crippen LogP contribution in [-0.2, 0) is 4.79 Å². The molecule has 3 aromatic carbocycles. The number of fused-ring (bicyclic) bond motifs is 1. The first-order valence-corrected chi connectivity index (χ1v) is 12.2. The average molecular weight is 477 g/mol. The number of hydrogen-bond donors (Lipinski definition) is 0. The molecular formula is C27H28N2O4S. The second kappa shape index (κ2) is 10.7. The predicted molar refractivity (Wildman–Crippen MR) is 139 cm³/mol. The van der Waals surface area contributed by atoms with Crippen LogP contribution in [0.5, 0.6) is 17.2 Å². The van der Waals surface area contributed by atoms with Gasteiger partial charge in [0.25, 0.3) is 5.91 Å². The fourth-order valence-electron chi connectivity index (χ4n) is 3.76. The zero-order valence-electron chi connectivity index (χ0n) is 19.8. The van der Waals surface area contributed by atoms with Crippen molar-refractivity contribution in [1.82, 2.24) is 4.90 Å². The van der Waals surface area contributed by atoms with Gasteiger partial charge in [-0.2, -0.15) is 0 Å². The van der Waals surface area contributed by atoms with E-state index in [0.29, 0.717) is 29.8 Å². The zero-order valence-corrected chi connectivity index (χ0v) is 20.6. The monoisotopic (exact) mass is 476 g/mol. The Morgan fingerprint density at radius 2 is 1.65 bits per heavy atom. The molecule has 1 aliphatic rings. The Bertz CT molecular complexity index is 1250. The van der Waals surface area contributed by atoms with E-state index in [1.54, 1.807) is 12.0 Å². The molecule has 0 N–H and O–H groups in total. The van der Waals surface area contributed by atoms with Crippen LogP contribution in [0.1, 0.15) is 26.3 Å². The van der Waals surface area contributed by atoms with Crippen LogP contribution in [-0.4, -0.2) is 42.8 Å². The zero-order chi connectivity index (χ0) is 24.1.